The van der Waals surface area contributed by atoms with Crippen LogP contribution in [0.5, 0.6) is 0 Å². The molecule has 1 heterocycles. The van der Waals surface area contributed by atoms with Crippen LogP contribution in [-0.2, 0) is 6.54 Å². The Morgan fingerprint density at radius 1 is 1.10 bits per heavy atom. The Morgan fingerprint density at radius 2 is 1.83 bits per heavy atom. The SMILES string of the molecule is O=C(NCCSc1ccc(Cl)cc1)NC1CCN(Cc2ccc(F)c(F)c2)CC1. The van der Waals surface area contributed by atoms with Gasteiger partial charge in [-0.25, -0.2) is 13.6 Å². The number of amides is 2. The van der Waals surface area contributed by atoms with Gasteiger partial charge in [-0.2, -0.15) is 0 Å². The zero-order chi connectivity index (χ0) is 20.6. The quantitative estimate of drug-likeness (QED) is 0.486. The largest absolute Gasteiger partial charge is 0.337 e. The Kier molecular flexibility index (Phi) is 8.15. The standard InChI is InChI=1S/C21H24ClF2N3OS/c22-16-2-4-18(5-3-16)29-12-9-25-21(28)26-17-7-10-27(11-8-17)14-15-1-6-19(23)20(24)13-15/h1-6,13,17H,7-12,14H2,(H2,25,26,28). The Labute approximate surface area is 179 Å². The number of benzene rings is 2. The average Bonchev–Trinajstić information content (AvgIpc) is 2.71. The minimum Gasteiger partial charge on any atom is -0.337 e. The number of hydrogen-bond acceptors (Lipinski definition) is 3. The van der Waals surface area contributed by atoms with E-state index in [-0.39, 0.29) is 12.1 Å². The minimum absolute atomic E-state index is 0.125. The number of urea groups is 1. The van der Waals surface area contributed by atoms with Crippen LogP contribution in [0.4, 0.5) is 13.6 Å². The Hall–Kier alpha value is -1.83. The average molecular weight is 440 g/mol. The summed E-state index contributed by atoms with van der Waals surface area (Å²) in [4.78, 5) is 15.4. The van der Waals surface area contributed by atoms with Crippen molar-refractivity contribution in [1.29, 1.82) is 0 Å². The van der Waals surface area contributed by atoms with Crippen LogP contribution in [0, 0.1) is 11.6 Å². The molecule has 2 aromatic rings. The van der Waals surface area contributed by atoms with Crippen molar-refractivity contribution in [3.8, 4) is 0 Å². The maximum atomic E-state index is 13.3. The first-order chi connectivity index (χ1) is 14.0. The van der Waals surface area contributed by atoms with Gasteiger partial charge < -0.3 is 10.6 Å². The summed E-state index contributed by atoms with van der Waals surface area (Å²) in [5.74, 6) is -0.860. The van der Waals surface area contributed by atoms with Crippen LogP contribution < -0.4 is 10.6 Å². The molecule has 0 saturated carbocycles. The number of rotatable bonds is 7. The van der Waals surface area contributed by atoms with Crippen molar-refractivity contribution >= 4 is 29.4 Å². The highest BCUT2D eigenvalue weighted by molar-refractivity contribution is 7.99. The summed E-state index contributed by atoms with van der Waals surface area (Å²) in [6.45, 7) is 2.76. The van der Waals surface area contributed by atoms with E-state index in [9.17, 15) is 13.6 Å². The number of likely N-dealkylation sites (tertiary alicyclic amines) is 1. The van der Waals surface area contributed by atoms with Gasteiger partial charge >= 0.3 is 6.03 Å². The maximum absolute atomic E-state index is 13.3. The summed E-state index contributed by atoms with van der Waals surface area (Å²) in [5.41, 5.74) is 0.756. The molecule has 29 heavy (non-hydrogen) atoms. The smallest absolute Gasteiger partial charge is 0.315 e. The third-order valence-electron chi connectivity index (χ3n) is 4.78. The molecule has 0 atom stereocenters. The van der Waals surface area contributed by atoms with Gasteiger partial charge in [0.2, 0.25) is 0 Å². The van der Waals surface area contributed by atoms with E-state index < -0.39 is 11.6 Å². The molecule has 0 aliphatic carbocycles. The topological polar surface area (TPSA) is 44.4 Å². The fraction of sp³-hybridized carbons (Fsp3) is 0.381. The zero-order valence-electron chi connectivity index (χ0n) is 16.0. The predicted octanol–water partition coefficient (Wildman–Crippen LogP) is 4.67. The van der Waals surface area contributed by atoms with E-state index in [0.717, 1.165) is 48.2 Å². The highest BCUT2D eigenvalue weighted by atomic mass is 35.5. The predicted molar refractivity (Wildman–Crippen MR) is 113 cm³/mol. The van der Waals surface area contributed by atoms with Crippen LogP contribution in [0.25, 0.3) is 0 Å². The molecular weight excluding hydrogens is 416 g/mol. The first kappa shape index (κ1) is 21.9. The minimum atomic E-state index is -0.825. The van der Waals surface area contributed by atoms with Crippen molar-refractivity contribution in [2.45, 2.75) is 30.3 Å². The number of nitrogens with zero attached hydrogens (tertiary/aromatic N) is 1. The summed E-state index contributed by atoms with van der Waals surface area (Å²) in [5, 5.41) is 6.61. The van der Waals surface area contributed by atoms with Gasteiger partial charge in [0.25, 0.3) is 0 Å². The van der Waals surface area contributed by atoms with E-state index in [1.807, 2.05) is 24.3 Å². The molecule has 0 aromatic heterocycles. The van der Waals surface area contributed by atoms with Gasteiger partial charge in [-0.05, 0) is 54.8 Å². The molecule has 8 heteroatoms. The molecule has 2 N–H and O–H groups in total. The van der Waals surface area contributed by atoms with Gasteiger partial charge in [0.05, 0.1) is 0 Å². The molecule has 156 valence electrons. The number of nitrogens with one attached hydrogen (secondary N) is 2. The van der Waals surface area contributed by atoms with Crippen LogP contribution in [0.1, 0.15) is 18.4 Å². The Bertz CT molecular complexity index is 814. The Balaban J connectivity index is 1.31. The number of carbonyl (C=O) groups excluding carboxylic acids is 1. The molecule has 2 aromatic carbocycles. The third kappa shape index (κ3) is 7.17. The van der Waals surface area contributed by atoms with Crippen LogP contribution in [0.15, 0.2) is 47.4 Å². The first-order valence-electron chi connectivity index (χ1n) is 9.58. The molecule has 4 nitrogen and oxygen atoms in total. The van der Waals surface area contributed by atoms with Gasteiger partial charge in [0.15, 0.2) is 11.6 Å². The Morgan fingerprint density at radius 3 is 2.52 bits per heavy atom. The lowest BCUT2D eigenvalue weighted by atomic mass is 10.0. The van der Waals surface area contributed by atoms with E-state index >= 15 is 0 Å². The van der Waals surface area contributed by atoms with Crippen LogP contribution in [0.2, 0.25) is 5.02 Å². The molecular formula is C21H24ClF2N3OS. The maximum Gasteiger partial charge on any atom is 0.315 e. The molecule has 3 rings (SSSR count). The van der Waals surface area contributed by atoms with Gasteiger partial charge in [-0.15, -0.1) is 11.8 Å². The van der Waals surface area contributed by atoms with Crippen molar-refractivity contribution in [2.75, 3.05) is 25.4 Å². The van der Waals surface area contributed by atoms with Crippen molar-refractivity contribution < 1.29 is 13.6 Å². The molecule has 2 amide bonds. The summed E-state index contributed by atoms with van der Waals surface area (Å²) in [6, 6.07) is 11.6. The van der Waals surface area contributed by atoms with Crippen molar-refractivity contribution in [1.82, 2.24) is 15.5 Å². The van der Waals surface area contributed by atoms with Crippen molar-refractivity contribution in [3.63, 3.8) is 0 Å². The summed E-state index contributed by atoms with van der Waals surface area (Å²) >= 11 is 7.52. The molecule has 1 aliphatic rings. The van der Waals surface area contributed by atoms with Gasteiger partial charge in [0, 0.05) is 47.9 Å². The van der Waals surface area contributed by atoms with E-state index in [1.165, 1.54) is 6.07 Å². The second-order valence-electron chi connectivity index (χ2n) is 7.00. The van der Waals surface area contributed by atoms with Crippen LogP contribution in [-0.4, -0.2) is 42.4 Å². The molecule has 1 aliphatic heterocycles. The number of piperidine rings is 1. The number of thioether (sulfide) groups is 1. The first-order valence-corrected chi connectivity index (χ1v) is 10.9. The molecule has 0 spiro atoms. The van der Waals surface area contributed by atoms with Crippen LogP contribution >= 0.6 is 23.4 Å². The fourth-order valence-corrected chi connectivity index (χ4v) is 4.13. The van der Waals surface area contributed by atoms with Gasteiger partial charge in [0.1, 0.15) is 0 Å². The molecule has 0 bridgehead atoms. The summed E-state index contributed by atoms with van der Waals surface area (Å²) in [6.07, 6.45) is 1.66. The van der Waals surface area contributed by atoms with Gasteiger partial charge in [-0.3, -0.25) is 4.90 Å². The summed E-state index contributed by atoms with van der Waals surface area (Å²) < 4.78 is 26.3. The molecule has 1 saturated heterocycles. The van der Waals surface area contributed by atoms with E-state index in [0.29, 0.717) is 18.1 Å². The van der Waals surface area contributed by atoms with E-state index in [4.69, 9.17) is 11.6 Å². The normalized spacial score (nSPS) is 15.3. The lowest BCUT2D eigenvalue weighted by Crippen LogP contribution is -2.48. The second kappa shape index (κ2) is 10.8. The monoisotopic (exact) mass is 439 g/mol. The van der Waals surface area contributed by atoms with Crippen LogP contribution in [0.3, 0.4) is 0 Å². The highest BCUT2D eigenvalue weighted by Crippen LogP contribution is 2.20. The lowest BCUT2D eigenvalue weighted by Gasteiger charge is -2.32. The highest BCUT2D eigenvalue weighted by Gasteiger charge is 2.20. The summed E-state index contributed by atoms with van der Waals surface area (Å²) in [7, 11) is 0. The molecule has 0 radical (unpaired) electrons. The third-order valence-corrected chi connectivity index (χ3v) is 6.05. The lowest BCUT2D eigenvalue weighted by molar-refractivity contribution is 0.186. The van der Waals surface area contributed by atoms with E-state index in [2.05, 4.69) is 15.5 Å². The number of carbonyl (C=O) groups is 1. The molecule has 0 unspecified atom stereocenters. The van der Waals surface area contributed by atoms with Gasteiger partial charge in [-0.1, -0.05) is 17.7 Å². The number of halogens is 3. The second-order valence-corrected chi connectivity index (χ2v) is 8.61. The fourth-order valence-electron chi connectivity index (χ4n) is 3.23. The van der Waals surface area contributed by atoms with Crippen molar-refractivity contribution in [3.05, 3.63) is 64.7 Å². The number of hydrogen-bond donors (Lipinski definition) is 2. The van der Waals surface area contributed by atoms with Crippen molar-refractivity contribution in [2.24, 2.45) is 0 Å². The molecule has 1 fully saturated rings. The zero-order valence-corrected chi connectivity index (χ0v) is 17.5. The van der Waals surface area contributed by atoms with E-state index in [1.54, 1.807) is 17.8 Å².